The summed E-state index contributed by atoms with van der Waals surface area (Å²) < 4.78 is 7.70. The lowest BCUT2D eigenvalue weighted by Gasteiger charge is -2.38. The summed E-state index contributed by atoms with van der Waals surface area (Å²) in [6.45, 7) is 5.09. The Morgan fingerprint density at radius 3 is 2.47 bits per heavy atom. The monoisotopic (exact) mass is 546 g/mol. The number of guanidine groups is 1. The van der Waals surface area contributed by atoms with Crippen molar-refractivity contribution in [3.8, 4) is 5.75 Å². The number of ether oxygens (including phenoxy) is 1. The molecule has 0 unspecified atom stereocenters. The molecule has 8 heteroatoms. The summed E-state index contributed by atoms with van der Waals surface area (Å²) >= 11 is 0. The Morgan fingerprint density at radius 2 is 1.75 bits per heavy atom. The fourth-order valence-electron chi connectivity index (χ4n) is 3.97. The second-order valence-electron chi connectivity index (χ2n) is 7.50. The fourth-order valence-corrected chi connectivity index (χ4v) is 3.97. The molecule has 1 aliphatic rings. The van der Waals surface area contributed by atoms with Crippen molar-refractivity contribution in [2.24, 2.45) is 4.99 Å². The molecule has 0 amide bonds. The van der Waals surface area contributed by atoms with E-state index in [4.69, 9.17) is 4.74 Å². The van der Waals surface area contributed by atoms with Crippen LogP contribution in [0, 0.1) is 0 Å². The van der Waals surface area contributed by atoms with Gasteiger partial charge >= 0.3 is 0 Å². The summed E-state index contributed by atoms with van der Waals surface area (Å²) in [4.78, 5) is 13.7. The summed E-state index contributed by atoms with van der Waals surface area (Å²) in [5.41, 5.74) is 2.41. The van der Waals surface area contributed by atoms with Crippen molar-refractivity contribution in [2.45, 2.75) is 13.1 Å². The molecule has 0 saturated carbocycles. The standard InChI is InChI=1S/C24H30N6O.HI/c1-25-24(27-18-23-26-12-13-30(23)19-20-8-4-3-5-9-20)29-16-14-28(15-17-29)21-10-6-7-11-22(21)31-2;/h3-13H,14-19H2,1-2H3,(H,25,27);1H. The quantitative estimate of drug-likeness (QED) is 0.292. The van der Waals surface area contributed by atoms with E-state index in [0.717, 1.165) is 55.9 Å². The minimum Gasteiger partial charge on any atom is -0.495 e. The Bertz CT molecular complexity index is 998. The second-order valence-corrected chi connectivity index (χ2v) is 7.50. The van der Waals surface area contributed by atoms with E-state index in [-0.39, 0.29) is 24.0 Å². The number of imidazole rings is 1. The van der Waals surface area contributed by atoms with Gasteiger partial charge in [-0.2, -0.15) is 0 Å². The van der Waals surface area contributed by atoms with Crippen molar-refractivity contribution in [3.63, 3.8) is 0 Å². The van der Waals surface area contributed by atoms with Gasteiger partial charge in [0.05, 0.1) is 19.3 Å². The fraction of sp³-hybridized carbons (Fsp3) is 0.333. The molecule has 32 heavy (non-hydrogen) atoms. The number of nitrogens with zero attached hydrogens (tertiary/aromatic N) is 5. The van der Waals surface area contributed by atoms with Crippen molar-refractivity contribution in [3.05, 3.63) is 78.4 Å². The van der Waals surface area contributed by atoms with Crippen LogP contribution in [0.4, 0.5) is 5.69 Å². The maximum atomic E-state index is 5.53. The maximum Gasteiger partial charge on any atom is 0.194 e. The molecule has 7 nitrogen and oxygen atoms in total. The van der Waals surface area contributed by atoms with Gasteiger partial charge in [0.2, 0.25) is 0 Å². The molecule has 2 heterocycles. The minimum atomic E-state index is 0. The number of piperazine rings is 1. The Morgan fingerprint density at radius 1 is 1.03 bits per heavy atom. The Labute approximate surface area is 207 Å². The van der Waals surface area contributed by atoms with Gasteiger partial charge in [0.15, 0.2) is 5.96 Å². The van der Waals surface area contributed by atoms with Gasteiger partial charge in [-0.15, -0.1) is 24.0 Å². The molecule has 0 bridgehead atoms. The van der Waals surface area contributed by atoms with Gasteiger partial charge in [0.25, 0.3) is 0 Å². The maximum absolute atomic E-state index is 5.53. The molecule has 1 N–H and O–H groups in total. The molecular weight excluding hydrogens is 515 g/mol. The van der Waals surface area contributed by atoms with Gasteiger partial charge in [-0.25, -0.2) is 4.98 Å². The van der Waals surface area contributed by atoms with Gasteiger partial charge in [-0.1, -0.05) is 42.5 Å². The third kappa shape index (κ3) is 5.73. The van der Waals surface area contributed by atoms with E-state index >= 15 is 0 Å². The zero-order valence-corrected chi connectivity index (χ0v) is 21.0. The Balaban J connectivity index is 0.00000289. The molecule has 4 rings (SSSR count). The largest absolute Gasteiger partial charge is 0.495 e. The predicted molar refractivity (Wildman–Crippen MR) is 140 cm³/mol. The van der Waals surface area contributed by atoms with E-state index in [2.05, 4.69) is 66.1 Å². The number of aliphatic imine (C=N–C) groups is 1. The third-order valence-electron chi connectivity index (χ3n) is 5.62. The van der Waals surface area contributed by atoms with Crippen LogP contribution in [0.5, 0.6) is 5.75 Å². The molecule has 0 atom stereocenters. The van der Waals surface area contributed by atoms with Crippen LogP contribution >= 0.6 is 24.0 Å². The van der Waals surface area contributed by atoms with Crippen LogP contribution in [0.3, 0.4) is 0 Å². The zero-order chi connectivity index (χ0) is 21.5. The second kappa shape index (κ2) is 11.8. The van der Waals surface area contributed by atoms with Crippen LogP contribution in [0.1, 0.15) is 11.4 Å². The number of hydrogen-bond acceptors (Lipinski definition) is 4. The lowest BCUT2D eigenvalue weighted by molar-refractivity contribution is 0.366. The summed E-state index contributed by atoms with van der Waals surface area (Å²) in [5.74, 6) is 2.83. The Hall–Kier alpha value is -2.75. The number of anilines is 1. The third-order valence-corrected chi connectivity index (χ3v) is 5.62. The van der Waals surface area contributed by atoms with Crippen LogP contribution in [0.25, 0.3) is 0 Å². The summed E-state index contributed by atoms with van der Waals surface area (Å²) in [6.07, 6.45) is 3.88. The molecule has 0 radical (unpaired) electrons. The molecule has 2 aromatic carbocycles. The van der Waals surface area contributed by atoms with Crippen LogP contribution < -0.4 is 15.0 Å². The van der Waals surface area contributed by atoms with Crippen molar-refractivity contribution >= 4 is 35.6 Å². The molecule has 3 aromatic rings. The van der Waals surface area contributed by atoms with E-state index in [1.807, 2.05) is 37.6 Å². The van der Waals surface area contributed by atoms with E-state index in [1.165, 1.54) is 5.56 Å². The summed E-state index contributed by atoms with van der Waals surface area (Å²) in [5, 5.41) is 3.49. The van der Waals surface area contributed by atoms with Crippen molar-refractivity contribution in [1.29, 1.82) is 0 Å². The zero-order valence-electron chi connectivity index (χ0n) is 18.6. The molecule has 1 saturated heterocycles. The molecule has 1 aliphatic heterocycles. The van der Waals surface area contributed by atoms with Gasteiger partial charge in [-0.3, -0.25) is 4.99 Å². The summed E-state index contributed by atoms with van der Waals surface area (Å²) in [6, 6.07) is 18.6. The summed E-state index contributed by atoms with van der Waals surface area (Å²) in [7, 11) is 3.56. The lowest BCUT2D eigenvalue weighted by Crippen LogP contribution is -2.52. The predicted octanol–water partition coefficient (Wildman–Crippen LogP) is 3.46. The first-order valence-corrected chi connectivity index (χ1v) is 10.7. The normalized spacial score (nSPS) is 14.1. The van der Waals surface area contributed by atoms with Crippen LogP contribution in [0.15, 0.2) is 72.0 Å². The first-order chi connectivity index (χ1) is 15.3. The van der Waals surface area contributed by atoms with Gasteiger partial charge < -0.3 is 24.4 Å². The smallest absolute Gasteiger partial charge is 0.194 e. The van der Waals surface area contributed by atoms with Gasteiger partial charge in [0.1, 0.15) is 11.6 Å². The van der Waals surface area contributed by atoms with Crippen LogP contribution in [-0.4, -0.2) is 60.7 Å². The first-order valence-electron chi connectivity index (χ1n) is 10.7. The number of aromatic nitrogens is 2. The lowest BCUT2D eigenvalue weighted by atomic mass is 10.2. The van der Waals surface area contributed by atoms with E-state index in [1.54, 1.807) is 7.11 Å². The highest BCUT2D eigenvalue weighted by Crippen LogP contribution is 2.28. The highest BCUT2D eigenvalue weighted by molar-refractivity contribution is 14.0. The van der Waals surface area contributed by atoms with Crippen molar-refractivity contribution < 1.29 is 4.74 Å². The average Bonchev–Trinajstić information content (AvgIpc) is 3.27. The van der Waals surface area contributed by atoms with Crippen LogP contribution in [-0.2, 0) is 13.1 Å². The number of nitrogens with one attached hydrogen (secondary N) is 1. The highest BCUT2D eigenvalue weighted by Gasteiger charge is 2.21. The number of para-hydroxylation sites is 2. The minimum absolute atomic E-state index is 0. The van der Waals surface area contributed by atoms with Gasteiger partial charge in [-0.05, 0) is 17.7 Å². The van der Waals surface area contributed by atoms with E-state index in [9.17, 15) is 0 Å². The molecular formula is C24H31IN6O. The van der Waals surface area contributed by atoms with Crippen LogP contribution in [0.2, 0.25) is 0 Å². The number of hydrogen-bond donors (Lipinski definition) is 1. The number of halogens is 1. The molecule has 170 valence electrons. The number of benzene rings is 2. The highest BCUT2D eigenvalue weighted by atomic mass is 127. The van der Waals surface area contributed by atoms with Gasteiger partial charge in [0, 0.05) is 52.2 Å². The number of methoxy groups -OCH3 is 1. The van der Waals surface area contributed by atoms with E-state index in [0.29, 0.717) is 6.54 Å². The molecule has 0 aliphatic carbocycles. The molecule has 1 fully saturated rings. The first kappa shape index (κ1) is 23.9. The molecule has 0 spiro atoms. The SMILES string of the molecule is CN=C(NCc1nccn1Cc1ccccc1)N1CCN(c2ccccc2OC)CC1.I. The van der Waals surface area contributed by atoms with Crippen molar-refractivity contribution in [1.82, 2.24) is 19.8 Å². The molecule has 1 aromatic heterocycles. The Kier molecular flexibility index (Phi) is 8.78. The topological polar surface area (TPSA) is 57.9 Å². The van der Waals surface area contributed by atoms with E-state index < -0.39 is 0 Å². The number of rotatable bonds is 6. The average molecular weight is 546 g/mol. The van der Waals surface area contributed by atoms with Crippen molar-refractivity contribution in [2.75, 3.05) is 45.2 Å².